The van der Waals surface area contributed by atoms with Crippen molar-refractivity contribution >= 4 is 0 Å². The van der Waals surface area contributed by atoms with E-state index in [0.29, 0.717) is 0 Å². The molecule has 0 unspecified atom stereocenters. The molecule has 23 heavy (non-hydrogen) atoms. The van der Waals surface area contributed by atoms with Crippen LogP contribution in [0.4, 0.5) is 0 Å². The highest BCUT2D eigenvalue weighted by atomic mass is 16.6. The Kier molecular flexibility index (Phi) is 19.0. The summed E-state index contributed by atoms with van der Waals surface area (Å²) in [6, 6.07) is 0. The van der Waals surface area contributed by atoms with Crippen LogP contribution in [0.2, 0.25) is 0 Å². The predicted octanol–water partition coefficient (Wildman–Crippen LogP) is 5.85. The zero-order valence-electron chi connectivity index (χ0n) is 15.8. The van der Waals surface area contributed by atoms with Gasteiger partial charge >= 0.3 is 0 Å². The molecule has 0 bridgehead atoms. The summed E-state index contributed by atoms with van der Waals surface area (Å²) in [7, 11) is 0. The lowest BCUT2D eigenvalue weighted by molar-refractivity contribution is 0.0403. The third-order valence-electron chi connectivity index (χ3n) is 4.47. The first-order chi connectivity index (χ1) is 11.3. The van der Waals surface area contributed by atoms with Crippen LogP contribution in [-0.2, 0) is 4.84 Å². The maximum absolute atomic E-state index is 5.38. The molecular formula is C20H42N2O. The molecule has 0 radical (unpaired) electrons. The normalized spacial score (nSPS) is 12.8. The average Bonchev–Trinajstić information content (AvgIpc) is 2.57. The van der Waals surface area contributed by atoms with Crippen LogP contribution in [0.3, 0.4) is 0 Å². The lowest BCUT2D eigenvalue weighted by Crippen LogP contribution is -2.22. The Morgan fingerprint density at radius 1 is 0.826 bits per heavy atom. The van der Waals surface area contributed by atoms with Gasteiger partial charge in [0.25, 0.3) is 0 Å². The van der Waals surface area contributed by atoms with Crippen LogP contribution in [0.15, 0.2) is 12.3 Å². The number of unbranched alkanes of at least 4 members (excludes halogenated alkanes) is 11. The van der Waals surface area contributed by atoms with Crippen LogP contribution in [0, 0.1) is 0 Å². The topological polar surface area (TPSA) is 47.3 Å². The molecular weight excluding hydrogens is 284 g/mol. The van der Waals surface area contributed by atoms with E-state index < -0.39 is 0 Å². The Balaban J connectivity index is 3.24. The molecule has 0 aromatic carbocycles. The quantitative estimate of drug-likeness (QED) is 0.245. The summed E-state index contributed by atoms with van der Waals surface area (Å²) < 4.78 is 0. The molecule has 0 amide bonds. The highest BCUT2D eigenvalue weighted by Crippen LogP contribution is 2.14. The van der Waals surface area contributed by atoms with Crippen LogP contribution in [0.1, 0.15) is 104 Å². The van der Waals surface area contributed by atoms with E-state index in [-0.39, 0.29) is 6.10 Å². The van der Waals surface area contributed by atoms with Gasteiger partial charge in [-0.2, -0.15) is 0 Å². The number of nitrogens with two attached hydrogens (primary N) is 1. The molecule has 0 fully saturated rings. The van der Waals surface area contributed by atoms with Crippen molar-refractivity contribution in [3.8, 4) is 0 Å². The molecule has 0 saturated carbocycles. The minimum Gasteiger partial charge on any atom is -0.391 e. The zero-order chi connectivity index (χ0) is 17.0. The fraction of sp³-hybridized carbons (Fsp3) is 0.900. The third-order valence-corrected chi connectivity index (χ3v) is 4.47. The molecule has 1 atom stereocenters. The van der Waals surface area contributed by atoms with Gasteiger partial charge in [0.15, 0.2) is 0 Å². The SMILES string of the molecule is CC=CNCC[C@@H](CCCCCCCCCCCCCC)ON. The van der Waals surface area contributed by atoms with Crippen LogP contribution in [0.25, 0.3) is 0 Å². The molecule has 0 aromatic heterocycles. The largest absolute Gasteiger partial charge is 0.391 e. The highest BCUT2D eigenvalue weighted by Gasteiger charge is 2.06. The Morgan fingerprint density at radius 2 is 1.35 bits per heavy atom. The summed E-state index contributed by atoms with van der Waals surface area (Å²) >= 11 is 0. The first kappa shape index (κ1) is 22.5. The van der Waals surface area contributed by atoms with E-state index in [0.717, 1.165) is 19.4 Å². The van der Waals surface area contributed by atoms with Gasteiger partial charge in [0.2, 0.25) is 0 Å². The van der Waals surface area contributed by atoms with E-state index in [1.807, 2.05) is 19.2 Å². The van der Waals surface area contributed by atoms with Gasteiger partial charge in [-0.15, -0.1) is 0 Å². The summed E-state index contributed by atoms with van der Waals surface area (Å²) in [6.45, 7) is 5.23. The number of hydrogen-bond acceptors (Lipinski definition) is 3. The summed E-state index contributed by atoms with van der Waals surface area (Å²) in [5.41, 5.74) is 0. The molecule has 0 aliphatic heterocycles. The molecule has 0 aliphatic rings. The van der Waals surface area contributed by atoms with E-state index in [4.69, 9.17) is 10.7 Å². The summed E-state index contributed by atoms with van der Waals surface area (Å²) in [5.74, 6) is 5.38. The van der Waals surface area contributed by atoms with Gasteiger partial charge < -0.3 is 10.2 Å². The molecule has 0 spiro atoms. The molecule has 3 heteroatoms. The second kappa shape index (κ2) is 19.5. The minimum absolute atomic E-state index is 0.205. The number of hydrogen-bond donors (Lipinski definition) is 2. The van der Waals surface area contributed by atoms with Crippen molar-refractivity contribution in [2.75, 3.05) is 6.54 Å². The van der Waals surface area contributed by atoms with Crippen molar-refractivity contribution in [1.82, 2.24) is 5.32 Å². The summed E-state index contributed by atoms with van der Waals surface area (Å²) in [6.07, 6.45) is 22.9. The summed E-state index contributed by atoms with van der Waals surface area (Å²) in [5, 5.41) is 3.23. The maximum atomic E-state index is 5.38. The highest BCUT2D eigenvalue weighted by molar-refractivity contribution is 4.74. The van der Waals surface area contributed by atoms with Gasteiger partial charge in [0.05, 0.1) is 6.10 Å². The van der Waals surface area contributed by atoms with Gasteiger partial charge in [-0.25, -0.2) is 5.90 Å². The van der Waals surface area contributed by atoms with E-state index >= 15 is 0 Å². The third kappa shape index (κ3) is 17.6. The Morgan fingerprint density at radius 3 is 1.83 bits per heavy atom. The Labute approximate surface area is 145 Å². The molecule has 3 N–H and O–H groups in total. The second-order valence-electron chi connectivity index (χ2n) is 6.68. The van der Waals surface area contributed by atoms with Crippen LogP contribution >= 0.6 is 0 Å². The smallest absolute Gasteiger partial charge is 0.0804 e. The van der Waals surface area contributed by atoms with Crippen LogP contribution < -0.4 is 11.2 Å². The average molecular weight is 327 g/mol. The maximum Gasteiger partial charge on any atom is 0.0804 e. The van der Waals surface area contributed by atoms with Crippen molar-refractivity contribution in [1.29, 1.82) is 0 Å². The molecule has 3 nitrogen and oxygen atoms in total. The van der Waals surface area contributed by atoms with Crippen molar-refractivity contribution in [3.05, 3.63) is 12.3 Å². The number of allylic oxidation sites excluding steroid dienone is 1. The van der Waals surface area contributed by atoms with Gasteiger partial charge in [0.1, 0.15) is 0 Å². The zero-order valence-corrected chi connectivity index (χ0v) is 15.8. The fourth-order valence-corrected chi connectivity index (χ4v) is 2.94. The number of rotatable bonds is 18. The molecule has 138 valence electrons. The molecule has 0 aromatic rings. The Hall–Kier alpha value is -0.540. The van der Waals surface area contributed by atoms with Crippen molar-refractivity contribution in [2.24, 2.45) is 5.90 Å². The van der Waals surface area contributed by atoms with Gasteiger partial charge in [-0.1, -0.05) is 90.0 Å². The van der Waals surface area contributed by atoms with E-state index in [1.165, 1.54) is 77.0 Å². The fourth-order valence-electron chi connectivity index (χ4n) is 2.94. The van der Waals surface area contributed by atoms with Gasteiger partial charge in [-0.3, -0.25) is 0 Å². The predicted molar refractivity (Wildman–Crippen MR) is 102 cm³/mol. The molecule has 0 saturated heterocycles. The molecule has 0 aliphatic carbocycles. The van der Waals surface area contributed by atoms with Crippen LogP contribution in [0.5, 0.6) is 0 Å². The summed E-state index contributed by atoms with van der Waals surface area (Å²) in [4.78, 5) is 5.07. The van der Waals surface area contributed by atoms with E-state index in [9.17, 15) is 0 Å². The Bertz CT molecular complexity index is 244. The first-order valence-electron chi connectivity index (χ1n) is 10.0. The minimum atomic E-state index is 0.205. The van der Waals surface area contributed by atoms with E-state index in [2.05, 4.69) is 12.2 Å². The lowest BCUT2D eigenvalue weighted by Gasteiger charge is -2.14. The van der Waals surface area contributed by atoms with E-state index in [1.54, 1.807) is 0 Å². The van der Waals surface area contributed by atoms with Gasteiger partial charge in [-0.05, 0) is 26.0 Å². The molecule has 0 rings (SSSR count). The molecule has 0 heterocycles. The lowest BCUT2D eigenvalue weighted by atomic mass is 10.0. The standard InChI is InChI=1S/C20H42N2O/c1-3-5-6-7-8-9-10-11-12-13-14-15-16-20(23-21)17-19-22-18-4-2/h4,18,20,22H,3,5-17,19,21H2,1-2H3/t20-/m1/s1. The van der Waals surface area contributed by atoms with Crippen LogP contribution in [-0.4, -0.2) is 12.6 Å². The monoisotopic (exact) mass is 326 g/mol. The van der Waals surface area contributed by atoms with Crippen molar-refractivity contribution in [2.45, 2.75) is 110 Å². The number of nitrogens with one attached hydrogen (secondary N) is 1. The van der Waals surface area contributed by atoms with Crippen molar-refractivity contribution in [3.63, 3.8) is 0 Å². The van der Waals surface area contributed by atoms with Crippen molar-refractivity contribution < 1.29 is 4.84 Å². The second-order valence-corrected chi connectivity index (χ2v) is 6.68. The van der Waals surface area contributed by atoms with Gasteiger partial charge in [0, 0.05) is 6.54 Å². The first-order valence-corrected chi connectivity index (χ1v) is 10.0.